The number of amides is 1. The van der Waals surface area contributed by atoms with Crippen LogP contribution in [-0.2, 0) is 18.4 Å². The van der Waals surface area contributed by atoms with Crippen molar-refractivity contribution in [1.82, 2.24) is 5.32 Å². The number of aliphatic hydroxyl groups excluding tert-OH is 1. The van der Waals surface area contributed by atoms with Gasteiger partial charge < -0.3 is 28.8 Å². The molecule has 0 aromatic carbocycles. The summed E-state index contributed by atoms with van der Waals surface area (Å²) in [6, 6.07) is -0.800. The van der Waals surface area contributed by atoms with E-state index in [1.165, 1.54) is 161 Å². The first-order valence-corrected chi connectivity index (χ1v) is 25.7. The fourth-order valence-electron chi connectivity index (χ4n) is 7.09. The number of likely N-dealkylation sites (N-methyl/N-ethyl adjacent to an activating group) is 1. The molecule has 3 unspecified atom stereocenters. The normalized spacial score (nSPS) is 14.4. The van der Waals surface area contributed by atoms with Gasteiger partial charge in [0.2, 0.25) is 5.91 Å². The summed E-state index contributed by atoms with van der Waals surface area (Å²) < 4.78 is 23.3. The molecule has 1 amide bonds. The minimum absolute atomic E-state index is 0.0123. The van der Waals surface area contributed by atoms with E-state index in [9.17, 15) is 19.4 Å². The first-order chi connectivity index (χ1) is 27.5. The number of rotatable bonds is 44. The standard InChI is InChI=1S/C48H95N2O6P/c1-6-8-10-12-14-16-18-20-22-24-25-26-28-30-32-34-36-38-40-42-48(52)49-46(45-56-57(53,54)55-44-43-50(3,4)5)47(51)41-39-37-35-33-31-29-27-23-21-19-17-15-13-11-9-7-2/h14,16,18,20,46-47,51H,6-13,15,17,19,21-45H2,1-5H3,(H-,49,52,53,54)/b16-14-,20-18-. The van der Waals surface area contributed by atoms with Crippen LogP contribution < -0.4 is 10.2 Å². The Hall–Kier alpha value is -1.02. The van der Waals surface area contributed by atoms with Gasteiger partial charge >= 0.3 is 0 Å². The molecule has 2 N–H and O–H groups in total. The maximum absolute atomic E-state index is 12.9. The van der Waals surface area contributed by atoms with E-state index in [-0.39, 0.29) is 19.1 Å². The molecule has 0 aromatic heterocycles. The van der Waals surface area contributed by atoms with Crippen molar-refractivity contribution < 1.29 is 32.9 Å². The summed E-state index contributed by atoms with van der Waals surface area (Å²) in [5, 5.41) is 13.9. The summed E-state index contributed by atoms with van der Waals surface area (Å²) in [6.45, 7) is 4.70. The molecule has 3 atom stereocenters. The Morgan fingerprint density at radius 1 is 0.614 bits per heavy atom. The monoisotopic (exact) mass is 827 g/mol. The van der Waals surface area contributed by atoms with Crippen LogP contribution in [0.5, 0.6) is 0 Å². The molecule has 57 heavy (non-hydrogen) atoms. The average Bonchev–Trinajstić information content (AvgIpc) is 3.16. The molecular weight excluding hydrogens is 732 g/mol. The van der Waals surface area contributed by atoms with E-state index in [1.54, 1.807) is 0 Å². The highest BCUT2D eigenvalue weighted by molar-refractivity contribution is 7.45. The molecule has 0 heterocycles. The predicted molar refractivity (Wildman–Crippen MR) is 242 cm³/mol. The SMILES string of the molecule is CCCCC/C=C\C=C/CCCCCCCCCCCCC(=O)NC(COP(=O)([O-])OCC[N+](C)(C)C)C(O)CCCCCCCCCCCCCCCCCC. The van der Waals surface area contributed by atoms with Crippen LogP contribution in [0.2, 0.25) is 0 Å². The van der Waals surface area contributed by atoms with Gasteiger partial charge in [0.1, 0.15) is 13.2 Å². The van der Waals surface area contributed by atoms with Crippen LogP contribution in [0.25, 0.3) is 0 Å². The van der Waals surface area contributed by atoms with E-state index in [2.05, 4.69) is 43.5 Å². The van der Waals surface area contributed by atoms with E-state index in [1.807, 2.05) is 21.1 Å². The van der Waals surface area contributed by atoms with Crippen molar-refractivity contribution in [2.24, 2.45) is 0 Å². The lowest BCUT2D eigenvalue weighted by molar-refractivity contribution is -0.870. The van der Waals surface area contributed by atoms with Crippen LogP contribution in [0.1, 0.15) is 226 Å². The zero-order valence-corrected chi connectivity index (χ0v) is 39.2. The van der Waals surface area contributed by atoms with Crippen LogP contribution in [0.3, 0.4) is 0 Å². The van der Waals surface area contributed by atoms with Gasteiger partial charge in [0.25, 0.3) is 7.82 Å². The Morgan fingerprint density at radius 2 is 1.00 bits per heavy atom. The molecule has 0 radical (unpaired) electrons. The van der Waals surface area contributed by atoms with Gasteiger partial charge in [0.15, 0.2) is 0 Å². The molecule has 0 aliphatic rings. The summed E-state index contributed by atoms with van der Waals surface area (Å²) in [4.78, 5) is 25.4. The number of hydrogen-bond donors (Lipinski definition) is 2. The lowest BCUT2D eigenvalue weighted by Crippen LogP contribution is -2.46. The number of nitrogens with one attached hydrogen (secondary N) is 1. The van der Waals surface area contributed by atoms with Crippen LogP contribution in [0.4, 0.5) is 0 Å². The molecule has 338 valence electrons. The van der Waals surface area contributed by atoms with E-state index in [0.29, 0.717) is 23.9 Å². The molecule has 0 fully saturated rings. The first kappa shape index (κ1) is 56.0. The van der Waals surface area contributed by atoms with Crippen LogP contribution >= 0.6 is 7.82 Å². The Labute approximate surface area is 354 Å². The Balaban J connectivity index is 4.30. The number of phosphoric acid groups is 1. The number of allylic oxidation sites excluding steroid dienone is 4. The van der Waals surface area contributed by atoms with Gasteiger partial charge in [-0.25, -0.2) is 0 Å². The first-order valence-electron chi connectivity index (χ1n) is 24.2. The fourth-order valence-corrected chi connectivity index (χ4v) is 7.81. The maximum atomic E-state index is 12.9. The highest BCUT2D eigenvalue weighted by Gasteiger charge is 2.24. The third-order valence-electron chi connectivity index (χ3n) is 11.0. The Kier molecular flexibility index (Phi) is 39.7. The molecule has 0 rings (SSSR count). The smallest absolute Gasteiger partial charge is 0.268 e. The van der Waals surface area contributed by atoms with Crippen molar-refractivity contribution in [3.63, 3.8) is 0 Å². The van der Waals surface area contributed by atoms with Crippen molar-refractivity contribution >= 4 is 13.7 Å². The molecule has 0 saturated carbocycles. The molecule has 0 aliphatic heterocycles. The molecule has 0 saturated heterocycles. The predicted octanol–water partition coefficient (Wildman–Crippen LogP) is 13.1. The van der Waals surface area contributed by atoms with Gasteiger partial charge in [0, 0.05) is 6.42 Å². The Bertz CT molecular complexity index is 984. The van der Waals surface area contributed by atoms with E-state index >= 15 is 0 Å². The highest BCUT2D eigenvalue weighted by Crippen LogP contribution is 2.38. The van der Waals surface area contributed by atoms with Crippen LogP contribution in [0.15, 0.2) is 24.3 Å². The number of nitrogens with zero attached hydrogens (tertiary/aromatic N) is 1. The second-order valence-corrected chi connectivity index (χ2v) is 19.3. The molecule has 0 spiro atoms. The average molecular weight is 827 g/mol. The van der Waals surface area contributed by atoms with E-state index in [0.717, 1.165) is 38.5 Å². The molecule has 0 aromatic rings. The number of carbonyl (C=O) groups is 1. The number of unbranched alkanes of at least 4 members (excludes halogenated alkanes) is 28. The quantitative estimate of drug-likeness (QED) is 0.0274. The summed E-state index contributed by atoms with van der Waals surface area (Å²) in [7, 11) is 1.31. The third-order valence-corrected chi connectivity index (χ3v) is 11.9. The Morgan fingerprint density at radius 3 is 1.46 bits per heavy atom. The van der Waals surface area contributed by atoms with Crippen LogP contribution in [-0.4, -0.2) is 68.5 Å². The lowest BCUT2D eigenvalue weighted by Gasteiger charge is -2.30. The molecule has 8 nitrogen and oxygen atoms in total. The van der Waals surface area contributed by atoms with Gasteiger partial charge in [-0.05, 0) is 38.5 Å². The molecule has 0 aliphatic carbocycles. The maximum Gasteiger partial charge on any atom is 0.268 e. The number of hydrogen-bond acceptors (Lipinski definition) is 6. The van der Waals surface area contributed by atoms with Gasteiger partial charge in [0.05, 0.1) is 39.9 Å². The van der Waals surface area contributed by atoms with Crippen molar-refractivity contribution in [2.75, 3.05) is 40.9 Å². The zero-order valence-electron chi connectivity index (χ0n) is 38.3. The largest absolute Gasteiger partial charge is 0.756 e. The zero-order chi connectivity index (χ0) is 42.1. The van der Waals surface area contributed by atoms with Crippen LogP contribution in [0, 0.1) is 0 Å². The van der Waals surface area contributed by atoms with Crippen molar-refractivity contribution in [3.05, 3.63) is 24.3 Å². The highest BCUT2D eigenvalue weighted by atomic mass is 31.2. The van der Waals surface area contributed by atoms with Crippen molar-refractivity contribution in [2.45, 2.75) is 238 Å². The minimum atomic E-state index is -4.56. The van der Waals surface area contributed by atoms with Gasteiger partial charge in [-0.15, -0.1) is 0 Å². The van der Waals surface area contributed by atoms with Gasteiger partial charge in [-0.1, -0.05) is 205 Å². The second kappa shape index (κ2) is 40.4. The second-order valence-electron chi connectivity index (χ2n) is 17.8. The topological polar surface area (TPSA) is 108 Å². The fraction of sp³-hybridized carbons (Fsp3) is 0.896. The number of aliphatic hydroxyl groups is 1. The van der Waals surface area contributed by atoms with Crippen molar-refractivity contribution in [1.29, 1.82) is 0 Å². The number of carbonyl (C=O) groups excluding carboxylic acids is 1. The lowest BCUT2D eigenvalue weighted by atomic mass is 10.0. The minimum Gasteiger partial charge on any atom is -0.756 e. The summed E-state index contributed by atoms with van der Waals surface area (Å²) in [5.41, 5.74) is 0. The van der Waals surface area contributed by atoms with Gasteiger partial charge in [-0.2, -0.15) is 0 Å². The molecular formula is C48H95N2O6P. The summed E-state index contributed by atoms with van der Waals surface area (Å²) in [6.07, 6.45) is 47.4. The number of phosphoric ester groups is 1. The van der Waals surface area contributed by atoms with E-state index in [4.69, 9.17) is 9.05 Å². The molecule has 0 bridgehead atoms. The number of quaternary nitrogens is 1. The van der Waals surface area contributed by atoms with Gasteiger partial charge in [-0.3, -0.25) is 9.36 Å². The molecule has 9 heteroatoms. The third kappa shape index (κ3) is 42.9. The van der Waals surface area contributed by atoms with Crippen molar-refractivity contribution in [3.8, 4) is 0 Å². The summed E-state index contributed by atoms with van der Waals surface area (Å²) >= 11 is 0. The summed E-state index contributed by atoms with van der Waals surface area (Å²) in [5.74, 6) is -0.167. The van der Waals surface area contributed by atoms with E-state index < -0.39 is 20.0 Å².